The van der Waals surface area contributed by atoms with Crippen LogP contribution in [0.3, 0.4) is 0 Å². The van der Waals surface area contributed by atoms with E-state index in [1.54, 1.807) is 18.2 Å². The Morgan fingerprint density at radius 3 is 2.39 bits per heavy atom. The van der Waals surface area contributed by atoms with Crippen LogP contribution < -0.4 is 10.9 Å². The molecule has 0 spiro atoms. The Balaban J connectivity index is 1.71. The number of pyridine rings is 1. The van der Waals surface area contributed by atoms with Gasteiger partial charge in [0.15, 0.2) is 0 Å². The highest BCUT2D eigenvalue weighted by Gasteiger charge is 2.33. The zero-order valence-electron chi connectivity index (χ0n) is 20.7. The third-order valence-corrected chi connectivity index (χ3v) is 9.66. The van der Waals surface area contributed by atoms with Gasteiger partial charge in [0.25, 0.3) is 11.5 Å². The van der Waals surface area contributed by atoms with Crippen molar-refractivity contribution in [3.05, 3.63) is 102 Å². The van der Waals surface area contributed by atoms with E-state index < -0.39 is 15.4 Å². The number of hydrogen-bond acceptors (Lipinski definition) is 4. The smallest absolute Gasteiger partial charge is 0.269 e. The monoisotopic (exact) mass is 657 g/mol. The number of aryl methyl sites for hydroxylation is 1. The minimum atomic E-state index is -4.00. The number of benzene rings is 2. The van der Waals surface area contributed by atoms with Crippen molar-refractivity contribution in [1.29, 1.82) is 0 Å². The van der Waals surface area contributed by atoms with Crippen molar-refractivity contribution in [2.24, 2.45) is 0 Å². The van der Waals surface area contributed by atoms with Gasteiger partial charge in [-0.05, 0) is 89.6 Å². The molecule has 4 aromatic rings. The van der Waals surface area contributed by atoms with Gasteiger partial charge in [-0.1, -0.05) is 46.3 Å². The highest BCUT2D eigenvalue weighted by molar-refractivity contribution is 9.10. The molecule has 0 aliphatic heterocycles. The molecule has 0 saturated heterocycles. The topological polar surface area (TPSA) is 101 Å². The summed E-state index contributed by atoms with van der Waals surface area (Å²) >= 11 is 7.14. The number of nitrogens with one attached hydrogen (secondary N) is 2. The van der Waals surface area contributed by atoms with Crippen LogP contribution in [0.2, 0.25) is 0 Å². The van der Waals surface area contributed by atoms with Gasteiger partial charge in [-0.2, -0.15) is 0 Å². The molecule has 0 saturated carbocycles. The van der Waals surface area contributed by atoms with Crippen LogP contribution in [-0.2, 0) is 29.2 Å². The molecule has 2 aromatic heterocycles. The predicted molar refractivity (Wildman–Crippen MR) is 153 cm³/mol. The molecule has 10 heteroatoms. The summed E-state index contributed by atoms with van der Waals surface area (Å²) in [6.07, 6.45) is 1.09. The maximum absolute atomic E-state index is 13.4. The fourth-order valence-electron chi connectivity index (χ4n) is 4.78. The Morgan fingerprint density at radius 1 is 1.05 bits per heavy atom. The number of carbonyl (C=O) groups excluding carboxylic acids is 1. The average molecular weight is 659 g/mol. The number of rotatable bonds is 6. The van der Waals surface area contributed by atoms with Crippen LogP contribution in [0.4, 0.5) is 0 Å². The zero-order valence-corrected chi connectivity index (χ0v) is 24.7. The van der Waals surface area contributed by atoms with Gasteiger partial charge >= 0.3 is 0 Å². The van der Waals surface area contributed by atoms with Crippen molar-refractivity contribution in [2.75, 3.05) is 0 Å². The summed E-state index contributed by atoms with van der Waals surface area (Å²) in [4.78, 5) is 29.3. The first kappa shape index (κ1) is 26.6. The van der Waals surface area contributed by atoms with Crippen molar-refractivity contribution >= 4 is 47.6 Å². The molecule has 1 aliphatic carbocycles. The number of nitrogens with zero attached hydrogens (tertiary/aromatic N) is 1. The molecular weight excluding hydrogens is 634 g/mol. The molecule has 7 nitrogen and oxygen atoms in total. The maximum Gasteiger partial charge on any atom is 0.269 e. The van der Waals surface area contributed by atoms with E-state index in [9.17, 15) is 18.0 Å². The lowest BCUT2D eigenvalue weighted by atomic mass is 9.94. The lowest BCUT2D eigenvalue weighted by Crippen LogP contribution is -2.32. The minimum absolute atomic E-state index is 0.0657. The molecule has 2 heterocycles. The molecule has 196 valence electrons. The van der Waals surface area contributed by atoms with Crippen molar-refractivity contribution in [3.63, 3.8) is 0 Å². The summed E-state index contributed by atoms with van der Waals surface area (Å²) in [5, 5.41) is 2.98. The van der Waals surface area contributed by atoms with Gasteiger partial charge in [-0.3, -0.25) is 9.59 Å². The van der Waals surface area contributed by atoms with Crippen molar-refractivity contribution in [1.82, 2.24) is 14.9 Å². The van der Waals surface area contributed by atoms with E-state index >= 15 is 0 Å². The van der Waals surface area contributed by atoms with Crippen LogP contribution in [0, 0.1) is 0 Å². The van der Waals surface area contributed by atoms with E-state index in [2.05, 4.69) is 42.2 Å². The SMILES string of the molecule is CC(C)NC(=O)c1c(Br)c2c(n1Cc1ccc(Br)cc1)-c1[nH]c(=O)c(S(=O)(=O)c3ccccc3)cc1CC2. The van der Waals surface area contributed by atoms with Crippen LogP contribution in [-0.4, -0.2) is 29.9 Å². The van der Waals surface area contributed by atoms with Gasteiger partial charge < -0.3 is 14.9 Å². The number of fused-ring (bicyclic) bond motifs is 3. The molecule has 2 N–H and O–H groups in total. The highest BCUT2D eigenvalue weighted by Crippen LogP contribution is 2.41. The second-order valence-corrected chi connectivity index (χ2v) is 13.1. The summed E-state index contributed by atoms with van der Waals surface area (Å²) in [7, 11) is -4.00. The molecule has 38 heavy (non-hydrogen) atoms. The first-order valence-electron chi connectivity index (χ1n) is 12.1. The molecular formula is C28H25Br2N3O4S. The van der Waals surface area contributed by atoms with Gasteiger partial charge in [0, 0.05) is 17.1 Å². The van der Waals surface area contributed by atoms with E-state index in [0.717, 1.165) is 15.6 Å². The standard InChI is InChI=1S/C28H25Br2N3O4S/c1-16(2)31-28(35)26-23(30)21-13-10-18-14-22(38(36,37)20-6-4-3-5-7-20)27(34)32-24(18)25(21)33(26)15-17-8-11-19(29)12-9-17/h3-9,11-12,14,16H,10,13,15H2,1-2H3,(H,31,35)(H,32,34). The van der Waals surface area contributed by atoms with Gasteiger partial charge in [0.1, 0.15) is 10.6 Å². The van der Waals surface area contributed by atoms with Crippen LogP contribution in [0.25, 0.3) is 11.4 Å². The molecule has 1 amide bonds. The molecule has 0 radical (unpaired) electrons. The molecule has 0 bridgehead atoms. The molecule has 5 rings (SSSR count). The summed E-state index contributed by atoms with van der Waals surface area (Å²) in [6, 6.07) is 17.2. The quantitative estimate of drug-likeness (QED) is 0.286. The Morgan fingerprint density at radius 2 is 1.74 bits per heavy atom. The summed E-state index contributed by atoms with van der Waals surface area (Å²) < 4.78 is 30.1. The summed E-state index contributed by atoms with van der Waals surface area (Å²) in [6.45, 7) is 4.18. The van der Waals surface area contributed by atoms with Gasteiger partial charge in [-0.15, -0.1) is 0 Å². The lowest BCUT2D eigenvalue weighted by molar-refractivity contribution is 0.0933. The molecule has 0 atom stereocenters. The van der Waals surface area contributed by atoms with Gasteiger partial charge in [0.2, 0.25) is 9.84 Å². The number of aromatic nitrogens is 2. The van der Waals surface area contributed by atoms with Crippen LogP contribution in [0.1, 0.15) is 41.0 Å². The third-order valence-electron chi connectivity index (χ3n) is 6.50. The van der Waals surface area contributed by atoms with Crippen LogP contribution in [0.15, 0.2) is 84.2 Å². The second kappa shape index (κ2) is 10.3. The van der Waals surface area contributed by atoms with E-state index in [1.807, 2.05) is 42.7 Å². The number of aromatic amines is 1. The normalized spacial score (nSPS) is 12.8. The van der Waals surface area contributed by atoms with Crippen molar-refractivity contribution in [3.8, 4) is 11.4 Å². The minimum Gasteiger partial charge on any atom is -0.349 e. The van der Waals surface area contributed by atoms with E-state index in [0.29, 0.717) is 46.5 Å². The second-order valence-electron chi connectivity index (χ2n) is 9.51. The Bertz CT molecular complexity index is 1710. The van der Waals surface area contributed by atoms with Gasteiger partial charge in [0.05, 0.1) is 20.8 Å². The Kier molecular flexibility index (Phi) is 7.23. The Hall–Kier alpha value is -2.95. The third kappa shape index (κ3) is 4.81. The summed E-state index contributed by atoms with van der Waals surface area (Å²) in [5.74, 6) is -0.231. The largest absolute Gasteiger partial charge is 0.349 e. The zero-order chi connectivity index (χ0) is 27.2. The van der Waals surface area contributed by atoms with Crippen LogP contribution >= 0.6 is 31.9 Å². The summed E-state index contributed by atoms with van der Waals surface area (Å²) in [5.41, 5.74) is 3.58. The fourth-order valence-corrected chi connectivity index (χ4v) is 7.19. The average Bonchev–Trinajstić information content (AvgIpc) is 3.16. The number of amides is 1. The molecule has 2 aromatic carbocycles. The Labute approximate surface area is 237 Å². The van der Waals surface area contributed by atoms with E-state index in [-0.39, 0.29) is 21.7 Å². The maximum atomic E-state index is 13.4. The molecule has 0 fully saturated rings. The lowest BCUT2D eigenvalue weighted by Gasteiger charge is -2.21. The number of H-pyrrole nitrogens is 1. The molecule has 1 aliphatic rings. The fraction of sp³-hybridized carbons (Fsp3) is 0.214. The number of hydrogen-bond donors (Lipinski definition) is 2. The molecule has 0 unspecified atom stereocenters. The number of carbonyl (C=O) groups is 1. The van der Waals surface area contributed by atoms with E-state index in [4.69, 9.17) is 0 Å². The number of sulfone groups is 1. The predicted octanol–water partition coefficient (Wildman–Crippen LogP) is 5.49. The van der Waals surface area contributed by atoms with Crippen molar-refractivity contribution < 1.29 is 13.2 Å². The number of halogens is 2. The van der Waals surface area contributed by atoms with Crippen molar-refractivity contribution in [2.45, 2.75) is 49.1 Å². The first-order chi connectivity index (χ1) is 18.1. The first-order valence-corrected chi connectivity index (χ1v) is 15.2. The highest BCUT2D eigenvalue weighted by atomic mass is 79.9. The van der Waals surface area contributed by atoms with E-state index in [1.165, 1.54) is 18.2 Å². The van der Waals surface area contributed by atoms with Crippen LogP contribution in [0.5, 0.6) is 0 Å². The van der Waals surface area contributed by atoms with Gasteiger partial charge in [-0.25, -0.2) is 8.42 Å².